The molecule has 0 atom stereocenters. The number of nitrogens with one attached hydrogen (secondary N) is 1. The van der Waals surface area contributed by atoms with Crippen LogP contribution in [0.5, 0.6) is 5.75 Å². The Kier molecular flexibility index (Phi) is 4.41. The van der Waals surface area contributed by atoms with Crippen molar-refractivity contribution >= 4 is 29.1 Å². The summed E-state index contributed by atoms with van der Waals surface area (Å²) in [5.74, 6) is 0.635. The van der Waals surface area contributed by atoms with Crippen molar-refractivity contribution in [2.75, 3.05) is 5.32 Å². The van der Waals surface area contributed by atoms with Gasteiger partial charge in [0.2, 0.25) is 0 Å². The summed E-state index contributed by atoms with van der Waals surface area (Å²) in [7, 11) is 0. The highest BCUT2D eigenvalue weighted by Gasteiger charge is 2.18. The number of nitrogens with zero attached hydrogens (tertiary/aromatic N) is 2. The second kappa shape index (κ2) is 6.10. The fourth-order valence-corrected chi connectivity index (χ4v) is 2.29. The minimum atomic E-state index is -0.695. The number of rotatable bonds is 3. The molecule has 2 aromatic rings. The van der Waals surface area contributed by atoms with Crippen LogP contribution in [0.15, 0.2) is 30.3 Å². The number of amides is 1. The van der Waals surface area contributed by atoms with E-state index in [1.54, 1.807) is 6.07 Å². The first-order chi connectivity index (χ1) is 10.3. The summed E-state index contributed by atoms with van der Waals surface area (Å²) in [5, 5.41) is 13.1. The number of carbonyl (C=O) groups excluding carboxylic acids is 1. The summed E-state index contributed by atoms with van der Waals surface area (Å²) in [6.45, 7) is 6.17. The third kappa shape index (κ3) is 4.01. The van der Waals surface area contributed by atoms with Gasteiger partial charge in [-0.25, -0.2) is 4.79 Å². The highest BCUT2D eigenvalue weighted by molar-refractivity contribution is 7.06. The van der Waals surface area contributed by atoms with E-state index in [0.717, 1.165) is 4.88 Å². The molecule has 1 N–H and O–H groups in total. The number of nitro benzene ring substituents is 1. The van der Waals surface area contributed by atoms with Crippen molar-refractivity contribution in [3.8, 4) is 5.75 Å². The molecular formula is C14H15N3O4S. The molecule has 1 amide bonds. The molecule has 0 aliphatic heterocycles. The van der Waals surface area contributed by atoms with Crippen molar-refractivity contribution in [3.05, 3.63) is 45.3 Å². The molecule has 0 aliphatic carbocycles. The van der Waals surface area contributed by atoms with Crippen molar-refractivity contribution in [2.45, 2.75) is 26.2 Å². The molecule has 0 saturated carbocycles. The fraction of sp³-hybridized carbons (Fsp3) is 0.286. The third-order valence-electron chi connectivity index (χ3n) is 2.74. The van der Waals surface area contributed by atoms with Crippen LogP contribution in [0.3, 0.4) is 0 Å². The Morgan fingerprint density at radius 2 is 1.95 bits per heavy atom. The van der Waals surface area contributed by atoms with Crippen molar-refractivity contribution in [2.24, 2.45) is 0 Å². The predicted molar refractivity (Wildman–Crippen MR) is 83.6 cm³/mol. The van der Waals surface area contributed by atoms with Crippen LogP contribution < -0.4 is 10.1 Å². The molecule has 0 bridgehead atoms. The molecule has 1 aromatic heterocycles. The molecule has 116 valence electrons. The van der Waals surface area contributed by atoms with Gasteiger partial charge in [0.25, 0.3) is 5.69 Å². The molecule has 0 saturated heterocycles. The highest BCUT2D eigenvalue weighted by atomic mass is 32.1. The van der Waals surface area contributed by atoms with E-state index in [1.165, 1.54) is 35.8 Å². The zero-order valence-corrected chi connectivity index (χ0v) is 13.1. The zero-order valence-electron chi connectivity index (χ0n) is 12.3. The second-order valence-corrected chi connectivity index (χ2v) is 6.40. The van der Waals surface area contributed by atoms with Gasteiger partial charge in [-0.15, -0.1) is 0 Å². The molecule has 1 aromatic carbocycles. The maximum atomic E-state index is 11.8. The van der Waals surface area contributed by atoms with E-state index in [2.05, 4.69) is 30.5 Å². The van der Waals surface area contributed by atoms with E-state index >= 15 is 0 Å². The van der Waals surface area contributed by atoms with E-state index in [4.69, 9.17) is 4.74 Å². The van der Waals surface area contributed by atoms with Crippen LogP contribution in [0, 0.1) is 10.1 Å². The molecule has 22 heavy (non-hydrogen) atoms. The van der Waals surface area contributed by atoms with E-state index < -0.39 is 11.0 Å². The number of aromatic nitrogens is 1. The number of nitro groups is 1. The predicted octanol–water partition coefficient (Wildman–Crippen LogP) is 3.96. The summed E-state index contributed by atoms with van der Waals surface area (Å²) in [6.07, 6.45) is -0.695. The molecule has 0 aliphatic rings. The normalized spacial score (nSPS) is 11.0. The molecule has 2 rings (SSSR count). The lowest BCUT2D eigenvalue weighted by molar-refractivity contribution is -0.384. The maximum absolute atomic E-state index is 11.8. The van der Waals surface area contributed by atoms with Crippen LogP contribution in [0.1, 0.15) is 25.6 Å². The van der Waals surface area contributed by atoms with Gasteiger partial charge in [0, 0.05) is 17.0 Å². The van der Waals surface area contributed by atoms with Crippen molar-refractivity contribution in [1.29, 1.82) is 0 Å². The van der Waals surface area contributed by atoms with E-state index in [1.807, 2.05) is 0 Å². The minimum Gasteiger partial charge on any atom is -0.410 e. The van der Waals surface area contributed by atoms with Gasteiger partial charge >= 0.3 is 6.09 Å². The quantitative estimate of drug-likeness (QED) is 0.682. The SMILES string of the molecule is CC(C)(C)c1cc(NC(=O)Oc2ccc([N+](=O)[O-])cc2)ns1. The van der Waals surface area contributed by atoms with Gasteiger partial charge in [-0.3, -0.25) is 15.4 Å². The largest absolute Gasteiger partial charge is 0.418 e. The van der Waals surface area contributed by atoms with Crippen LogP contribution in [0.25, 0.3) is 0 Å². The van der Waals surface area contributed by atoms with Gasteiger partial charge in [0.15, 0.2) is 0 Å². The standard InChI is InChI=1S/C14H15N3O4S/c1-14(2,3)11-8-12(16-22-11)15-13(18)21-10-6-4-9(5-7-10)17(19)20/h4-8H,1-3H3,(H,15,16,18). The van der Waals surface area contributed by atoms with Crippen LogP contribution in [0.2, 0.25) is 0 Å². The molecule has 0 unspecified atom stereocenters. The van der Waals surface area contributed by atoms with Crippen LogP contribution >= 0.6 is 11.5 Å². The molecule has 8 heteroatoms. The van der Waals surface area contributed by atoms with Gasteiger partial charge in [0.1, 0.15) is 11.6 Å². The fourth-order valence-electron chi connectivity index (χ4n) is 1.56. The molecule has 7 nitrogen and oxygen atoms in total. The number of hydrogen-bond donors (Lipinski definition) is 1. The first kappa shape index (κ1) is 15.9. The van der Waals surface area contributed by atoms with Crippen molar-refractivity contribution in [1.82, 2.24) is 4.37 Å². The van der Waals surface area contributed by atoms with Gasteiger partial charge in [-0.05, 0) is 35.1 Å². The molecule has 0 spiro atoms. The van der Waals surface area contributed by atoms with E-state index in [9.17, 15) is 14.9 Å². The van der Waals surface area contributed by atoms with Gasteiger partial charge in [-0.1, -0.05) is 20.8 Å². The Labute approximate surface area is 131 Å². The minimum absolute atomic E-state index is 0.0418. The van der Waals surface area contributed by atoms with Crippen LogP contribution in [-0.4, -0.2) is 15.4 Å². The van der Waals surface area contributed by atoms with Crippen molar-refractivity contribution < 1.29 is 14.5 Å². The Hall–Kier alpha value is -2.48. The lowest BCUT2D eigenvalue weighted by atomic mass is 9.95. The molecule has 0 fully saturated rings. The zero-order chi connectivity index (χ0) is 16.3. The average molecular weight is 321 g/mol. The summed E-state index contributed by atoms with van der Waals surface area (Å²) in [5.41, 5.74) is -0.109. The van der Waals surface area contributed by atoms with Gasteiger partial charge in [-0.2, -0.15) is 4.37 Å². The Bertz CT molecular complexity index is 689. The number of benzene rings is 1. The van der Waals surface area contributed by atoms with Crippen LogP contribution in [0.4, 0.5) is 16.3 Å². The summed E-state index contributed by atoms with van der Waals surface area (Å²) in [4.78, 5) is 22.8. The topological polar surface area (TPSA) is 94.4 Å². The maximum Gasteiger partial charge on any atom is 0.418 e. The summed E-state index contributed by atoms with van der Waals surface area (Å²) < 4.78 is 9.18. The Balaban J connectivity index is 1.98. The Morgan fingerprint density at radius 1 is 1.32 bits per heavy atom. The third-order valence-corrected chi connectivity index (χ3v) is 3.95. The van der Waals surface area contributed by atoms with Crippen LogP contribution in [-0.2, 0) is 5.41 Å². The summed E-state index contributed by atoms with van der Waals surface area (Å²) in [6, 6.07) is 7.05. The van der Waals surface area contributed by atoms with E-state index in [-0.39, 0.29) is 16.9 Å². The monoisotopic (exact) mass is 321 g/mol. The van der Waals surface area contributed by atoms with E-state index in [0.29, 0.717) is 5.82 Å². The number of non-ortho nitro benzene ring substituents is 1. The van der Waals surface area contributed by atoms with Gasteiger partial charge in [0.05, 0.1) is 4.92 Å². The lowest BCUT2D eigenvalue weighted by Crippen LogP contribution is -2.17. The Morgan fingerprint density at radius 3 is 2.45 bits per heavy atom. The molecule has 0 radical (unpaired) electrons. The number of anilines is 1. The second-order valence-electron chi connectivity index (χ2n) is 5.59. The average Bonchev–Trinajstić information content (AvgIpc) is 2.87. The van der Waals surface area contributed by atoms with Crippen molar-refractivity contribution in [3.63, 3.8) is 0 Å². The van der Waals surface area contributed by atoms with Gasteiger partial charge < -0.3 is 4.74 Å². The molecular weight excluding hydrogens is 306 g/mol. The number of hydrogen-bond acceptors (Lipinski definition) is 6. The molecule has 1 heterocycles. The highest BCUT2D eigenvalue weighted by Crippen LogP contribution is 2.28. The number of ether oxygens (including phenoxy) is 1. The number of carbonyl (C=O) groups is 1. The smallest absolute Gasteiger partial charge is 0.410 e. The first-order valence-electron chi connectivity index (χ1n) is 6.46. The summed E-state index contributed by atoms with van der Waals surface area (Å²) >= 11 is 1.31. The first-order valence-corrected chi connectivity index (χ1v) is 7.23. The lowest BCUT2D eigenvalue weighted by Gasteiger charge is -2.14.